The van der Waals surface area contributed by atoms with Crippen LogP contribution in [0, 0.1) is 22.7 Å². The van der Waals surface area contributed by atoms with E-state index in [1.807, 2.05) is 13.8 Å². The van der Waals surface area contributed by atoms with E-state index < -0.39 is 21.2 Å². The zero-order valence-electron chi connectivity index (χ0n) is 18.7. The van der Waals surface area contributed by atoms with E-state index in [-0.39, 0.29) is 23.4 Å². The molecule has 8 nitrogen and oxygen atoms in total. The zero-order valence-corrected chi connectivity index (χ0v) is 20.5. The number of rotatable bonds is 8. The molecule has 2 saturated carbocycles. The lowest BCUT2D eigenvalue weighted by atomic mass is 9.45. The molecule has 0 amide bonds. The summed E-state index contributed by atoms with van der Waals surface area (Å²) in [6, 6.07) is 0. The van der Waals surface area contributed by atoms with Crippen LogP contribution < -0.4 is 0 Å². The average Bonchev–Trinajstić information content (AvgIpc) is 2.49. The molecule has 0 spiro atoms. The van der Waals surface area contributed by atoms with E-state index in [0.29, 0.717) is 25.2 Å². The van der Waals surface area contributed by atoms with E-state index in [1.165, 1.54) is 0 Å². The van der Waals surface area contributed by atoms with Crippen LogP contribution >= 0.6 is 15.6 Å². The van der Waals surface area contributed by atoms with Crippen LogP contribution in [-0.4, -0.2) is 31.8 Å². The molecule has 2 fully saturated rings. The Balaban J connectivity index is 2.26. The minimum Gasteiger partial charge on any atom is -0.303 e. The maximum Gasteiger partial charge on any atom is 0.470 e. The van der Waals surface area contributed by atoms with Crippen molar-refractivity contribution >= 4 is 15.6 Å². The molecule has 2 aliphatic rings. The van der Waals surface area contributed by atoms with Gasteiger partial charge in [-0.2, -0.15) is 0 Å². The minimum atomic E-state index is -4.65. The molecule has 4 N–H and O–H groups in total. The Kier molecular flexibility index (Phi) is 7.93. The van der Waals surface area contributed by atoms with Crippen LogP contribution in [-0.2, 0) is 18.2 Å². The molecule has 10 heteroatoms. The summed E-state index contributed by atoms with van der Waals surface area (Å²) >= 11 is 0. The Morgan fingerprint density at radius 3 is 2.23 bits per heavy atom. The highest BCUT2D eigenvalue weighted by atomic mass is 31.2. The van der Waals surface area contributed by atoms with Gasteiger partial charge in [0, 0.05) is 0 Å². The molecule has 0 aliphatic heterocycles. The summed E-state index contributed by atoms with van der Waals surface area (Å²) in [5, 5.41) is 0. The maximum absolute atomic E-state index is 11.8. The molecule has 30 heavy (non-hydrogen) atoms. The highest BCUT2D eigenvalue weighted by Gasteiger charge is 2.59. The molecule has 2 rings (SSSR count). The second kappa shape index (κ2) is 9.07. The molecule has 0 heterocycles. The van der Waals surface area contributed by atoms with Crippen LogP contribution in [0.15, 0.2) is 11.6 Å². The standard InChI is InChI=1S/C20H38O8P2/c1-15(10-14-27-29(21,22)23)7-8-17-19(4)12-6-11-18(2,3)16(19)9-13-20(17,5)28-30(24,25)26/h10,16-17H,6-9,11-14H2,1-5H3,(H2,21,22,23)(H2,24,25,26)/b15-10+/t16-,17+,19-,20+/m0/s1. The van der Waals surface area contributed by atoms with Crippen molar-refractivity contribution in [1.82, 2.24) is 0 Å². The summed E-state index contributed by atoms with van der Waals surface area (Å²) in [7, 11) is -9.16. The van der Waals surface area contributed by atoms with Crippen LogP contribution in [0.25, 0.3) is 0 Å². The second-order valence-corrected chi connectivity index (χ2v) is 12.7. The van der Waals surface area contributed by atoms with E-state index in [4.69, 9.17) is 14.3 Å². The van der Waals surface area contributed by atoms with Crippen molar-refractivity contribution in [2.24, 2.45) is 22.7 Å². The molecule has 0 radical (unpaired) electrons. The molecule has 0 bridgehead atoms. The molecular formula is C20H38O8P2. The van der Waals surface area contributed by atoms with Crippen molar-refractivity contribution < 1.29 is 37.8 Å². The fourth-order valence-corrected chi connectivity index (χ4v) is 7.40. The Hall–Kier alpha value is -0.0400. The predicted molar refractivity (Wildman–Crippen MR) is 114 cm³/mol. The van der Waals surface area contributed by atoms with Crippen molar-refractivity contribution in [2.75, 3.05) is 6.61 Å². The van der Waals surface area contributed by atoms with Gasteiger partial charge < -0.3 is 19.6 Å². The maximum atomic E-state index is 11.8. The van der Waals surface area contributed by atoms with Crippen LogP contribution in [0.5, 0.6) is 0 Å². The molecule has 0 aromatic rings. The van der Waals surface area contributed by atoms with Gasteiger partial charge in [-0.05, 0) is 75.0 Å². The lowest BCUT2D eigenvalue weighted by Crippen LogP contribution is -2.58. The van der Waals surface area contributed by atoms with E-state index in [9.17, 15) is 18.9 Å². The first-order valence-electron chi connectivity index (χ1n) is 10.6. The molecule has 0 aromatic heterocycles. The van der Waals surface area contributed by atoms with E-state index in [1.54, 1.807) is 6.08 Å². The first kappa shape index (κ1) is 26.2. The Bertz CT molecular complexity index is 739. The molecule has 0 saturated heterocycles. The molecule has 4 atom stereocenters. The first-order chi connectivity index (χ1) is 13.5. The Labute approximate surface area is 179 Å². The minimum absolute atomic E-state index is 0.0537. The first-order valence-corrected chi connectivity index (χ1v) is 13.7. The normalized spacial score (nSPS) is 35.2. The van der Waals surface area contributed by atoms with E-state index in [2.05, 4.69) is 25.3 Å². The number of allylic oxidation sites excluding steroid dienone is 1. The third-order valence-corrected chi connectivity index (χ3v) is 8.71. The predicted octanol–water partition coefficient (Wildman–Crippen LogP) is 4.93. The third kappa shape index (κ3) is 6.49. The van der Waals surface area contributed by atoms with Gasteiger partial charge in [0.2, 0.25) is 0 Å². The van der Waals surface area contributed by atoms with Crippen molar-refractivity contribution in [3.8, 4) is 0 Å². The van der Waals surface area contributed by atoms with Gasteiger partial charge in [-0.25, -0.2) is 9.13 Å². The number of fused-ring (bicyclic) bond motifs is 1. The number of phosphoric ester groups is 2. The summed E-state index contributed by atoms with van der Waals surface area (Å²) in [4.78, 5) is 36.8. The highest BCUT2D eigenvalue weighted by Crippen LogP contribution is 2.65. The van der Waals surface area contributed by atoms with Gasteiger partial charge >= 0.3 is 15.6 Å². The quantitative estimate of drug-likeness (QED) is 0.291. The van der Waals surface area contributed by atoms with Gasteiger partial charge in [-0.15, -0.1) is 0 Å². The van der Waals surface area contributed by atoms with Crippen LogP contribution in [0.3, 0.4) is 0 Å². The molecular weight excluding hydrogens is 430 g/mol. The lowest BCUT2D eigenvalue weighted by Gasteiger charge is -2.62. The summed E-state index contributed by atoms with van der Waals surface area (Å²) in [5.74, 6) is 0.390. The van der Waals surface area contributed by atoms with Gasteiger partial charge in [-0.3, -0.25) is 9.05 Å². The monoisotopic (exact) mass is 468 g/mol. The van der Waals surface area contributed by atoms with Crippen LogP contribution in [0.2, 0.25) is 0 Å². The third-order valence-electron chi connectivity index (χ3n) is 7.57. The lowest BCUT2D eigenvalue weighted by molar-refractivity contribution is -0.163. The SMILES string of the molecule is C/C(=C\COP(=O)(O)O)CC[C@@H]1[C@@]2(C)CCCC(C)(C)[C@@H]2CC[C@@]1(C)OP(=O)(O)O. The average molecular weight is 468 g/mol. The zero-order chi connectivity index (χ0) is 23.0. The van der Waals surface area contributed by atoms with Crippen LogP contribution in [0.4, 0.5) is 0 Å². The Morgan fingerprint density at radius 1 is 1.03 bits per heavy atom. The van der Waals surface area contributed by atoms with Gasteiger partial charge in [0.05, 0.1) is 12.2 Å². The number of hydrogen-bond donors (Lipinski definition) is 4. The van der Waals surface area contributed by atoms with Gasteiger partial charge in [0.15, 0.2) is 0 Å². The van der Waals surface area contributed by atoms with E-state index >= 15 is 0 Å². The van der Waals surface area contributed by atoms with Crippen molar-refractivity contribution in [2.45, 2.75) is 85.2 Å². The smallest absolute Gasteiger partial charge is 0.303 e. The fraction of sp³-hybridized carbons (Fsp3) is 0.900. The van der Waals surface area contributed by atoms with Gasteiger partial charge in [0.1, 0.15) is 0 Å². The van der Waals surface area contributed by atoms with E-state index in [0.717, 1.165) is 31.3 Å². The van der Waals surface area contributed by atoms with Crippen LogP contribution in [0.1, 0.15) is 79.6 Å². The molecule has 0 unspecified atom stereocenters. The molecule has 176 valence electrons. The van der Waals surface area contributed by atoms with Crippen molar-refractivity contribution in [3.05, 3.63) is 11.6 Å². The second-order valence-electron chi connectivity index (χ2n) is 10.3. The summed E-state index contributed by atoms with van der Waals surface area (Å²) in [6.07, 6.45) is 7.65. The fourth-order valence-electron chi connectivity index (χ4n) is 6.37. The topological polar surface area (TPSA) is 134 Å². The van der Waals surface area contributed by atoms with Crippen molar-refractivity contribution in [3.63, 3.8) is 0 Å². The summed E-state index contributed by atoms with van der Waals surface area (Å²) in [6.45, 7) is 10.4. The molecule has 0 aromatic carbocycles. The highest BCUT2D eigenvalue weighted by molar-refractivity contribution is 7.46. The number of phosphoric acid groups is 2. The van der Waals surface area contributed by atoms with Crippen molar-refractivity contribution in [1.29, 1.82) is 0 Å². The molecule has 2 aliphatic carbocycles. The number of hydrogen-bond acceptors (Lipinski definition) is 4. The summed E-state index contributed by atoms with van der Waals surface area (Å²) < 4.78 is 32.6. The largest absolute Gasteiger partial charge is 0.470 e. The summed E-state index contributed by atoms with van der Waals surface area (Å²) in [5.41, 5.74) is 0.0480. The Morgan fingerprint density at radius 2 is 1.67 bits per heavy atom. The van der Waals surface area contributed by atoms with Gasteiger partial charge in [0.25, 0.3) is 0 Å². The van der Waals surface area contributed by atoms with Gasteiger partial charge in [-0.1, -0.05) is 38.8 Å².